The molecular formula is C17H22N4O4S. The van der Waals surface area contributed by atoms with Crippen LogP contribution in [0.25, 0.3) is 0 Å². The van der Waals surface area contributed by atoms with E-state index < -0.39 is 0 Å². The number of rotatable bonds is 5. The van der Waals surface area contributed by atoms with E-state index in [1.807, 2.05) is 19.1 Å². The van der Waals surface area contributed by atoms with Gasteiger partial charge in [0.1, 0.15) is 10.6 Å². The predicted octanol–water partition coefficient (Wildman–Crippen LogP) is 2.57. The lowest BCUT2D eigenvalue weighted by molar-refractivity contribution is 0.0573. The van der Waals surface area contributed by atoms with E-state index in [0.717, 1.165) is 5.76 Å². The number of ether oxygens (including phenoxy) is 1. The summed E-state index contributed by atoms with van der Waals surface area (Å²) in [6, 6.07) is 3.71. The van der Waals surface area contributed by atoms with Gasteiger partial charge in [0.05, 0.1) is 25.1 Å². The van der Waals surface area contributed by atoms with Crippen LogP contribution < -0.4 is 5.32 Å². The molecule has 1 aliphatic heterocycles. The van der Waals surface area contributed by atoms with Gasteiger partial charge in [0.25, 0.3) is 5.91 Å². The van der Waals surface area contributed by atoms with Gasteiger partial charge in [-0.05, 0) is 26.0 Å². The number of nitrogens with zero attached hydrogens (tertiary/aromatic N) is 3. The highest BCUT2D eigenvalue weighted by Crippen LogP contribution is 2.25. The van der Waals surface area contributed by atoms with Gasteiger partial charge in [0.2, 0.25) is 0 Å². The zero-order valence-electron chi connectivity index (χ0n) is 14.9. The van der Waals surface area contributed by atoms with E-state index in [9.17, 15) is 9.59 Å². The molecule has 3 heterocycles. The monoisotopic (exact) mass is 378 g/mol. The predicted molar refractivity (Wildman–Crippen MR) is 97.4 cm³/mol. The maximum absolute atomic E-state index is 12.8. The minimum atomic E-state index is -0.321. The molecule has 0 bridgehead atoms. The van der Waals surface area contributed by atoms with Gasteiger partial charge in [0, 0.05) is 26.2 Å². The van der Waals surface area contributed by atoms with E-state index in [2.05, 4.69) is 10.3 Å². The summed E-state index contributed by atoms with van der Waals surface area (Å²) >= 11 is 1.34. The van der Waals surface area contributed by atoms with Gasteiger partial charge in [-0.1, -0.05) is 11.3 Å². The molecule has 26 heavy (non-hydrogen) atoms. The molecule has 0 radical (unpaired) electrons. The summed E-state index contributed by atoms with van der Waals surface area (Å²) in [6.07, 6.45) is 1.30. The Morgan fingerprint density at radius 3 is 2.69 bits per heavy atom. The maximum Gasteiger partial charge on any atom is 0.409 e. The van der Waals surface area contributed by atoms with Crippen LogP contribution in [0.3, 0.4) is 0 Å². The van der Waals surface area contributed by atoms with Crippen molar-refractivity contribution in [3.8, 4) is 0 Å². The second-order valence-electron chi connectivity index (χ2n) is 5.84. The molecule has 0 unspecified atom stereocenters. The summed E-state index contributed by atoms with van der Waals surface area (Å²) in [5.74, 6) is 0.760. The average Bonchev–Trinajstić information content (AvgIpc) is 3.29. The molecule has 0 spiro atoms. The number of thiazole rings is 1. The van der Waals surface area contributed by atoms with Crippen LogP contribution in [0.5, 0.6) is 0 Å². The Morgan fingerprint density at radius 1 is 1.31 bits per heavy atom. The first-order valence-corrected chi connectivity index (χ1v) is 9.34. The SMILES string of the molecule is CCOC(=O)N1CCN(C(=O)c2sc(NCc3ccco3)nc2C)CC1. The molecule has 0 aliphatic carbocycles. The number of aromatic nitrogens is 1. The van der Waals surface area contributed by atoms with Gasteiger partial charge < -0.3 is 24.3 Å². The molecule has 2 amide bonds. The maximum atomic E-state index is 12.8. The number of carbonyl (C=O) groups excluding carboxylic acids is 2. The van der Waals surface area contributed by atoms with Crippen LogP contribution in [0, 0.1) is 6.92 Å². The topological polar surface area (TPSA) is 87.9 Å². The number of anilines is 1. The molecule has 0 aromatic carbocycles. The first-order valence-electron chi connectivity index (χ1n) is 8.53. The molecule has 1 saturated heterocycles. The molecule has 8 nitrogen and oxygen atoms in total. The van der Waals surface area contributed by atoms with Crippen LogP contribution in [-0.2, 0) is 11.3 Å². The number of piperazine rings is 1. The third-order valence-electron chi connectivity index (χ3n) is 4.08. The molecule has 9 heteroatoms. The van der Waals surface area contributed by atoms with Crippen molar-refractivity contribution in [2.24, 2.45) is 0 Å². The Bertz CT molecular complexity index is 751. The summed E-state index contributed by atoms with van der Waals surface area (Å²) < 4.78 is 10.3. The van der Waals surface area contributed by atoms with Gasteiger partial charge in [-0.3, -0.25) is 4.79 Å². The largest absolute Gasteiger partial charge is 0.467 e. The minimum absolute atomic E-state index is 0.0467. The molecule has 0 saturated carbocycles. The first-order chi connectivity index (χ1) is 12.6. The molecule has 3 rings (SSSR count). The Morgan fingerprint density at radius 2 is 2.04 bits per heavy atom. The van der Waals surface area contributed by atoms with Crippen molar-refractivity contribution in [3.05, 3.63) is 34.7 Å². The number of furan rings is 1. The standard InChI is InChI=1S/C17H22N4O4S/c1-3-24-17(23)21-8-6-20(7-9-21)15(22)14-12(2)19-16(26-14)18-11-13-5-4-10-25-13/h4-5,10H,3,6-9,11H2,1-2H3,(H,18,19). The molecule has 2 aromatic rings. The fraction of sp³-hybridized carbons (Fsp3) is 0.471. The van der Waals surface area contributed by atoms with Gasteiger partial charge in [0.15, 0.2) is 5.13 Å². The van der Waals surface area contributed by atoms with E-state index in [0.29, 0.717) is 55.0 Å². The molecule has 1 aliphatic rings. The van der Waals surface area contributed by atoms with E-state index in [1.165, 1.54) is 11.3 Å². The van der Waals surface area contributed by atoms with Gasteiger partial charge in [-0.25, -0.2) is 9.78 Å². The lowest BCUT2D eigenvalue weighted by Crippen LogP contribution is -2.50. The second-order valence-corrected chi connectivity index (χ2v) is 6.84. The average molecular weight is 378 g/mol. The molecule has 2 aromatic heterocycles. The highest BCUT2D eigenvalue weighted by atomic mass is 32.1. The Balaban J connectivity index is 1.57. The van der Waals surface area contributed by atoms with Crippen molar-refractivity contribution in [1.29, 1.82) is 0 Å². The molecule has 0 atom stereocenters. The van der Waals surface area contributed by atoms with Crippen molar-refractivity contribution in [2.45, 2.75) is 20.4 Å². The second kappa shape index (κ2) is 8.22. The van der Waals surface area contributed by atoms with E-state index in [4.69, 9.17) is 9.15 Å². The smallest absolute Gasteiger partial charge is 0.409 e. The van der Waals surface area contributed by atoms with Crippen molar-refractivity contribution in [1.82, 2.24) is 14.8 Å². The van der Waals surface area contributed by atoms with Gasteiger partial charge in [-0.15, -0.1) is 0 Å². The van der Waals surface area contributed by atoms with Crippen molar-refractivity contribution in [2.75, 3.05) is 38.1 Å². The van der Waals surface area contributed by atoms with Crippen LogP contribution in [-0.4, -0.2) is 59.6 Å². The van der Waals surface area contributed by atoms with Crippen molar-refractivity contribution < 1.29 is 18.7 Å². The van der Waals surface area contributed by atoms with E-state index in [1.54, 1.807) is 23.0 Å². The fourth-order valence-electron chi connectivity index (χ4n) is 2.70. The number of carbonyl (C=O) groups is 2. The first kappa shape index (κ1) is 18.2. The van der Waals surface area contributed by atoms with Crippen LogP contribution in [0.4, 0.5) is 9.93 Å². The number of hydrogen-bond donors (Lipinski definition) is 1. The number of hydrogen-bond acceptors (Lipinski definition) is 7. The van der Waals surface area contributed by atoms with Gasteiger partial charge >= 0.3 is 6.09 Å². The van der Waals surface area contributed by atoms with E-state index in [-0.39, 0.29) is 12.0 Å². The molecule has 1 fully saturated rings. The summed E-state index contributed by atoms with van der Waals surface area (Å²) in [6.45, 7) is 6.42. The Hall–Kier alpha value is -2.55. The van der Waals surface area contributed by atoms with Crippen LogP contribution in [0.1, 0.15) is 28.0 Å². The zero-order chi connectivity index (χ0) is 18.5. The normalized spacial score (nSPS) is 14.4. The third-order valence-corrected chi connectivity index (χ3v) is 5.18. The molecular weight excluding hydrogens is 356 g/mol. The van der Waals surface area contributed by atoms with Crippen LogP contribution >= 0.6 is 11.3 Å². The minimum Gasteiger partial charge on any atom is -0.467 e. The van der Waals surface area contributed by atoms with E-state index >= 15 is 0 Å². The molecule has 1 N–H and O–H groups in total. The lowest BCUT2D eigenvalue weighted by atomic mass is 10.3. The Kier molecular flexibility index (Phi) is 5.77. The highest BCUT2D eigenvalue weighted by molar-refractivity contribution is 7.17. The fourth-order valence-corrected chi connectivity index (χ4v) is 3.63. The van der Waals surface area contributed by atoms with Gasteiger partial charge in [-0.2, -0.15) is 0 Å². The van der Waals surface area contributed by atoms with Crippen LogP contribution in [0.15, 0.2) is 22.8 Å². The quantitative estimate of drug-likeness (QED) is 0.860. The zero-order valence-corrected chi connectivity index (χ0v) is 15.7. The summed E-state index contributed by atoms with van der Waals surface area (Å²) in [5.41, 5.74) is 0.703. The Labute approximate surface area is 155 Å². The molecule has 140 valence electrons. The summed E-state index contributed by atoms with van der Waals surface area (Å²) in [4.78, 5) is 33.0. The number of aryl methyl sites for hydroxylation is 1. The third kappa shape index (κ3) is 4.16. The summed E-state index contributed by atoms with van der Waals surface area (Å²) in [5, 5.41) is 3.86. The van der Waals surface area contributed by atoms with Crippen molar-refractivity contribution in [3.63, 3.8) is 0 Å². The van der Waals surface area contributed by atoms with Crippen LogP contribution in [0.2, 0.25) is 0 Å². The number of amides is 2. The lowest BCUT2D eigenvalue weighted by Gasteiger charge is -2.33. The van der Waals surface area contributed by atoms with Crippen molar-refractivity contribution >= 4 is 28.5 Å². The number of nitrogens with one attached hydrogen (secondary N) is 1. The summed E-state index contributed by atoms with van der Waals surface area (Å²) in [7, 11) is 0. The highest BCUT2D eigenvalue weighted by Gasteiger charge is 2.27.